The smallest absolute Gasteiger partial charge is 0.434 e. The number of ether oxygens (including phenoxy) is 4. The molecule has 2 rings (SSSR count). The summed E-state index contributed by atoms with van der Waals surface area (Å²) in [6.45, 7) is 3.03. The number of hydrogen-bond donors (Lipinski definition) is 0. The van der Waals surface area contributed by atoms with Gasteiger partial charge >= 0.3 is 12.3 Å². The highest BCUT2D eigenvalue weighted by Crippen LogP contribution is 2.38. The normalized spacial score (nSPS) is 19.9. The van der Waals surface area contributed by atoms with Crippen molar-refractivity contribution in [3.8, 4) is 0 Å². The summed E-state index contributed by atoms with van der Waals surface area (Å²) in [4.78, 5) is 60.1. The van der Waals surface area contributed by atoms with Crippen LogP contribution in [0.2, 0.25) is 0 Å². The molecule has 0 aromatic carbocycles. The summed E-state index contributed by atoms with van der Waals surface area (Å²) in [5.74, 6) is -5.74. The van der Waals surface area contributed by atoms with Gasteiger partial charge in [-0.1, -0.05) is 0 Å². The van der Waals surface area contributed by atoms with E-state index in [9.17, 15) is 24.0 Å². The van der Waals surface area contributed by atoms with E-state index in [1.165, 1.54) is 13.8 Å². The number of carbonyl (C=O) groups excluding carboxylic acids is 5. The van der Waals surface area contributed by atoms with Gasteiger partial charge in [-0.15, -0.1) is 0 Å². The third-order valence-electron chi connectivity index (χ3n) is 3.86. The molecule has 9 heteroatoms. The van der Waals surface area contributed by atoms with Crippen molar-refractivity contribution in [2.24, 2.45) is 11.8 Å². The Morgan fingerprint density at radius 1 is 0.920 bits per heavy atom. The van der Waals surface area contributed by atoms with Crippen LogP contribution in [0.25, 0.3) is 0 Å². The van der Waals surface area contributed by atoms with Crippen LogP contribution in [-0.2, 0) is 33.3 Å². The van der Waals surface area contributed by atoms with E-state index in [0.717, 1.165) is 0 Å². The molecule has 0 aromatic rings. The predicted molar refractivity (Wildman–Crippen MR) is 79.4 cm³/mol. The van der Waals surface area contributed by atoms with E-state index < -0.39 is 54.2 Å². The highest BCUT2D eigenvalue weighted by molar-refractivity contribution is 6.22. The van der Waals surface area contributed by atoms with E-state index in [4.69, 9.17) is 9.47 Å². The summed E-state index contributed by atoms with van der Waals surface area (Å²) in [6, 6.07) is 0. The van der Waals surface area contributed by atoms with E-state index >= 15 is 0 Å². The van der Waals surface area contributed by atoms with E-state index in [1.54, 1.807) is 0 Å². The van der Waals surface area contributed by atoms with Crippen LogP contribution >= 0.6 is 0 Å². The van der Waals surface area contributed by atoms with Gasteiger partial charge in [0.1, 0.15) is 5.92 Å². The minimum atomic E-state index is -2.16. The van der Waals surface area contributed by atoms with Crippen molar-refractivity contribution in [3.05, 3.63) is 0 Å². The van der Waals surface area contributed by atoms with Gasteiger partial charge in [0.05, 0.1) is 26.1 Å². The Balaban J connectivity index is 2.19. The molecule has 25 heavy (non-hydrogen) atoms. The van der Waals surface area contributed by atoms with Gasteiger partial charge in [0.15, 0.2) is 17.3 Å². The van der Waals surface area contributed by atoms with Crippen LogP contribution in [0, 0.1) is 11.8 Å². The molecule has 2 fully saturated rings. The SMILES string of the molecule is CCOC(=O)OC1(OC(=O)OCC)CC(=O)C(C(=O)C2CC2)C(=O)C1. The van der Waals surface area contributed by atoms with Crippen molar-refractivity contribution in [1.29, 1.82) is 0 Å². The van der Waals surface area contributed by atoms with Gasteiger partial charge in [0.25, 0.3) is 5.79 Å². The zero-order chi connectivity index (χ0) is 18.6. The lowest BCUT2D eigenvalue weighted by molar-refractivity contribution is -0.204. The average molecular weight is 356 g/mol. The number of Topliss-reactive ketones (excluding diaryl/α,β-unsaturated/α-hetero) is 3. The maximum absolute atomic E-state index is 12.4. The molecular formula is C16H20O9. The minimum absolute atomic E-state index is 0.0149. The largest absolute Gasteiger partial charge is 0.511 e. The second kappa shape index (κ2) is 7.62. The Morgan fingerprint density at radius 3 is 1.72 bits per heavy atom. The molecule has 0 amide bonds. The van der Waals surface area contributed by atoms with Crippen LogP contribution in [0.4, 0.5) is 9.59 Å². The maximum Gasteiger partial charge on any atom is 0.511 e. The topological polar surface area (TPSA) is 122 Å². The molecule has 2 saturated carbocycles. The van der Waals surface area contributed by atoms with E-state index in [2.05, 4.69) is 9.47 Å². The van der Waals surface area contributed by atoms with Crippen molar-refractivity contribution < 1.29 is 42.9 Å². The summed E-state index contributed by atoms with van der Waals surface area (Å²) in [6.07, 6.45) is -2.31. The lowest BCUT2D eigenvalue weighted by Crippen LogP contribution is -2.52. The number of hydrogen-bond acceptors (Lipinski definition) is 9. The highest BCUT2D eigenvalue weighted by atomic mass is 16.8. The Kier molecular flexibility index (Phi) is 5.76. The Morgan fingerprint density at radius 2 is 1.36 bits per heavy atom. The monoisotopic (exact) mass is 356 g/mol. The zero-order valence-corrected chi connectivity index (χ0v) is 14.1. The average Bonchev–Trinajstić information content (AvgIpc) is 3.30. The third kappa shape index (κ3) is 4.55. The second-order valence-corrected chi connectivity index (χ2v) is 5.88. The molecule has 0 N–H and O–H groups in total. The van der Waals surface area contributed by atoms with E-state index in [-0.39, 0.29) is 19.1 Å². The van der Waals surface area contributed by atoms with Crippen molar-refractivity contribution >= 4 is 29.7 Å². The molecule has 0 atom stereocenters. The summed E-state index contributed by atoms with van der Waals surface area (Å²) >= 11 is 0. The second-order valence-electron chi connectivity index (χ2n) is 5.88. The third-order valence-corrected chi connectivity index (χ3v) is 3.86. The summed E-state index contributed by atoms with van der Waals surface area (Å²) < 4.78 is 19.1. The van der Waals surface area contributed by atoms with Gasteiger partial charge in [-0.05, 0) is 26.7 Å². The molecule has 0 aromatic heterocycles. The fraction of sp³-hybridized carbons (Fsp3) is 0.688. The first-order chi connectivity index (χ1) is 11.8. The molecule has 0 radical (unpaired) electrons. The van der Waals surface area contributed by atoms with Crippen molar-refractivity contribution in [3.63, 3.8) is 0 Å². The Hall–Kier alpha value is -2.45. The van der Waals surface area contributed by atoms with E-state index in [1.807, 2.05) is 0 Å². The molecule has 2 aliphatic rings. The first-order valence-electron chi connectivity index (χ1n) is 8.12. The molecule has 0 aliphatic heterocycles. The van der Waals surface area contributed by atoms with Crippen LogP contribution < -0.4 is 0 Å². The first-order valence-corrected chi connectivity index (χ1v) is 8.12. The molecule has 9 nitrogen and oxygen atoms in total. The summed E-state index contributed by atoms with van der Waals surface area (Å²) in [5, 5.41) is 0. The molecular weight excluding hydrogens is 336 g/mol. The molecule has 0 saturated heterocycles. The fourth-order valence-corrected chi connectivity index (χ4v) is 2.66. The predicted octanol–water partition coefficient (Wildman–Crippen LogP) is 1.56. The van der Waals surface area contributed by atoms with Crippen LogP contribution in [0.3, 0.4) is 0 Å². The first kappa shape index (κ1) is 18.9. The van der Waals surface area contributed by atoms with Crippen LogP contribution in [-0.4, -0.2) is 48.7 Å². The molecule has 138 valence electrons. The van der Waals surface area contributed by atoms with Gasteiger partial charge in [-0.2, -0.15) is 0 Å². The quantitative estimate of drug-likeness (QED) is 0.396. The standard InChI is InChI=1S/C16H20O9/c1-3-22-14(20)24-16(25-15(21)23-4-2)7-10(17)12(11(18)8-16)13(19)9-5-6-9/h9,12H,3-8H2,1-2H3. The van der Waals surface area contributed by atoms with Crippen molar-refractivity contribution in [1.82, 2.24) is 0 Å². The van der Waals surface area contributed by atoms with Crippen molar-refractivity contribution in [2.75, 3.05) is 13.2 Å². The van der Waals surface area contributed by atoms with Crippen LogP contribution in [0.15, 0.2) is 0 Å². The van der Waals surface area contributed by atoms with Gasteiger partial charge in [-0.3, -0.25) is 14.4 Å². The van der Waals surface area contributed by atoms with Gasteiger partial charge < -0.3 is 18.9 Å². The fourth-order valence-electron chi connectivity index (χ4n) is 2.66. The summed E-state index contributed by atoms with van der Waals surface area (Å²) in [7, 11) is 0. The molecule has 2 aliphatic carbocycles. The number of carbonyl (C=O) groups is 5. The van der Waals surface area contributed by atoms with Crippen LogP contribution in [0.5, 0.6) is 0 Å². The Labute approximate surface area is 143 Å². The molecule has 0 spiro atoms. The van der Waals surface area contributed by atoms with E-state index in [0.29, 0.717) is 12.8 Å². The minimum Gasteiger partial charge on any atom is -0.434 e. The Bertz CT molecular complexity index is 550. The molecule has 0 unspecified atom stereocenters. The van der Waals surface area contributed by atoms with Gasteiger partial charge in [0, 0.05) is 5.92 Å². The van der Waals surface area contributed by atoms with Crippen molar-refractivity contribution in [2.45, 2.75) is 45.3 Å². The molecule has 0 bridgehead atoms. The highest BCUT2D eigenvalue weighted by Gasteiger charge is 2.55. The zero-order valence-electron chi connectivity index (χ0n) is 14.1. The number of rotatable bonds is 6. The lowest BCUT2D eigenvalue weighted by atomic mass is 9.79. The van der Waals surface area contributed by atoms with Gasteiger partial charge in [-0.25, -0.2) is 9.59 Å². The maximum atomic E-state index is 12.4. The lowest BCUT2D eigenvalue weighted by Gasteiger charge is -2.35. The number of ketones is 3. The summed E-state index contributed by atoms with van der Waals surface area (Å²) in [5.41, 5.74) is 0. The molecule has 0 heterocycles. The van der Waals surface area contributed by atoms with Gasteiger partial charge in [0.2, 0.25) is 0 Å². The van der Waals surface area contributed by atoms with Crippen LogP contribution in [0.1, 0.15) is 39.5 Å².